The van der Waals surface area contributed by atoms with Crippen molar-refractivity contribution in [1.29, 1.82) is 0 Å². The number of benzene rings is 1. The van der Waals surface area contributed by atoms with Crippen LogP contribution in [0.3, 0.4) is 0 Å². The zero-order valence-corrected chi connectivity index (χ0v) is 13.1. The Labute approximate surface area is 123 Å². The fraction of sp³-hybridized carbons (Fsp3) is 0.647. The lowest BCUT2D eigenvalue weighted by molar-refractivity contribution is 0.130. The third-order valence-electron chi connectivity index (χ3n) is 3.50. The minimum atomic E-state index is -0.436. The molecule has 0 aliphatic heterocycles. The second-order valence-corrected chi connectivity index (χ2v) is 5.52. The number of ether oxygens (including phenoxy) is 1. The van der Waals surface area contributed by atoms with Crippen LogP contribution in [0, 0.1) is 6.92 Å². The monoisotopic (exact) mass is 279 g/mol. The maximum atomic E-state index is 10.1. The highest BCUT2D eigenvalue weighted by Gasteiger charge is 2.15. The van der Waals surface area contributed by atoms with Crippen molar-refractivity contribution in [2.24, 2.45) is 5.73 Å². The molecule has 3 nitrogen and oxygen atoms in total. The molecule has 3 heteroatoms. The highest BCUT2D eigenvalue weighted by Crippen LogP contribution is 2.23. The van der Waals surface area contributed by atoms with Gasteiger partial charge in [-0.15, -0.1) is 0 Å². The fourth-order valence-electron chi connectivity index (χ4n) is 2.30. The first kappa shape index (κ1) is 17.0. The summed E-state index contributed by atoms with van der Waals surface area (Å²) in [5.41, 5.74) is 8.35. The van der Waals surface area contributed by atoms with Gasteiger partial charge in [0.2, 0.25) is 0 Å². The normalized spacial score (nSPS) is 14.1. The van der Waals surface area contributed by atoms with E-state index in [2.05, 4.69) is 32.9 Å². The molecule has 0 spiro atoms. The van der Waals surface area contributed by atoms with Crippen LogP contribution in [0.1, 0.15) is 50.7 Å². The molecule has 0 aromatic heterocycles. The first-order valence-electron chi connectivity index (χ1n) is 7.74. The van der Waals surface area contributed by atoms with Crippen molar-refractivity contribution in [3.63, 3.8) is 0 Å². The summed E-state index contributed by atoms with van der Waals surface area (Å²) < 4.78 is 5.77. The Morgan fingerprint density at radius 1 is 1.20 bits per heavy atom. The highest BCUT2D eigenvalue weighted by molar-refractivity contribution is 5.37. The van der Waals surface area contributed by atoms with Gasteiger partial charge < -0.3 is 15.6 Å². The molecule has 0 heterocycles. The lowest BCUT2D eigenvalue weighted by atomic mass is 9.98. The minimum Gasteiger partial charge on any atom is -0.493 e. The highest BCUT2D eigenvalue weighted by atomic mass is 16.5. The molecule has 0 radical (unpaired) electrons. The van der Waals surface area contributed by atoms with Crippen LogP contribution in [-0.2, 0) is 6.42 Å². The molecule has 1 aromatic rings. The van der Waals surface area contributed by atoms with E-state index in [1.807, 2.05) is 6.07 Å². The van der Waals surface area contributed by atoms with Crippen LogP contribution in [0.2, 0.25) is 0 Å². The van der Waals surface area contributed by atoms with Crippen molar-refractivity contribution < 1.29 is 9.84 Å². The molecule has 0 aliphatic carbocycles. The molecule has 114 valence electrons. The van der Waals surface area contributed by atoms with Gasteiger partial charge in [0.25, 0.3) is 0 Å². The van der Waals surface area contributed by atoms with Gasteiger partial charge in [-0.2, -0.15) is 0 Å². The van der Waals surface area contributed by atoms with E-state index in [1.165, 1.54) is 11.1 Å². The number of aliphatic hydroxyl groups is 1. The van der Waals surface area contributed by atoms with Gasteiger partial charge in [-0.1, -0.05) is 38.0 Å². The van der Waals surface area contributed by atoms with E-state index in [1.54, 1.807) is 0 Å². The molecule has 0 bridgehead atoms. The molecule has 0 saturated carbocycles. The third-order valence-corrected chi connectivity index (χ3v) is 3.50. The minimum absolute atomic E-state index is 0.121. The molecule has 2 unspecified atom stereocenters. The van der Waals surface area contributed by atoms with Crippen molar-refractivity contribution in [3.05, 3.63) is 29.3 Å². The second kappa shape index (κ2) is 8.98. The predicted octanol–water partition coefficient (Wildman–Crippen LogP) is 3.20. The molecule has 2 atom stereocenters. The van der Waals surface area contributed by atoms with Crippen LogP contribution in [-0.4, -0.2) is 23.9 Å². The van der Waals surface area contributed by atoms with Gasteiger partial charge in [-0.05, 0) is 44.2 Å². The summed E-state index contributed by atoms with van der Waals surface area (Å²) in [4.78, 5) is 0. The maximum Gasteiger partial charge on any atom is 0.122 e. The van der Waals surface area contributed by atoms with Gasteiger partial charge >= 0.3 is 0 Å². The van der Waals surface area contributed by atoms with E-state index >= 15 is 0 Å². The summed E-state index contributed by atoms with van der Waals surface area (Å²) in [6, 6.07) is 6.11. The van der Waals surface area contributed by atoms with E-state index in [9.17, 15) is 5.11 Å². The van der Waals surface area contributed by atoms with E-state index in [0.717, 1.165) is 38.0 Å². The summed E-state index contributed by atoms with van der Waals surface area (Å²) in [5, 5.41) is 10.1. The van der Waals surface area contributed by atoms with Crippen LogP contribution in [0.15, 0.2) is 18.2 Å². The second-order valence-electron chi connectivity index (χ2n) is 5.52. The predicted molar refractivity (Wildman–Crippen MR) is 84.2 cm³/mol. The van der Waals surface area contributed by atoms with Gasteiger partial charge in [0, 0.05) is 6.04 Å². The zero-order chi connectivity index (χ0) is 15.0. The molecular weight excluding hydrogens is 250 g/mol. The smallest absolute Gasteiger partial charge is 0.122 e. The largest absolute Gasteiger partial charge is 0.493 e. The molecule has 1 aromatic carbocycles. The van der Waals surface area contributed by atoms with Crippen molar-refractivity contribution in [2.45, 2.75) is 65.0 Å². The average molecular weight is 279 g/mol. The maximum absolute atomic E-state index is 10.1. The molecule has 20 heavy (non-hydrogen) atoms. The van der Waals surface area contributed by atoms with Gasteiger partial charge in [-0.25, -0.2) is 0 Å². The van der Waals surface area contributed by atoms with Crippen LogP contribution >= 0.6 is 0 Å². The van der Waals surface area contributed by atoms with Crippen molar-refractivity contribution >= 4 is 0 Å². The molecular formula is C17H29NO2. The number of rotatable bonds is 9. The number of aryl methyl sites for hydroxylation is 2. The van der Waals surface area contributed by atoms with Gasteiger partial charge in [0.15, 0.2) is 0 Å². The molecule has 3 N–H and O–H groups in total. The standard InChI is InChI=1S/C17H29NO2/c1-4-6-15(18)16(19)9-8-14-12-13(3)7-10-17(14)20-11-5-2/h7,10,12,15-16,19H,4-6,8-9,11,18H2,1-3H3. The SMILES string of the molecule is CCCOc1ccc(C)cc1CCC(O)C(N)CCC. The molecule has 0 amide bonds. The first-order valence-corrected chi connectivity index (χ1v) is 7.74. The number of nitrogens with two attached hydrogens (primary N) is 1. The average Bonchev–Trinajstić information content (AvgIpc) is 2.44. The van der Waals surface area contributed by atoms with Crippen LogP contribution in [0.4, 0.5) is 0 Å². The lowest BCUT2D eigenvalue weighted by Crippen LogP contribution is -2.34. The Hall–Kier alpha value is -1.06. The first-order chi connectivity index (χ1) is 9.58. The number of aliphatic hydroxyl groups excluding tert-OH is 1. The van der Waals surface area contributed by atoms with Crippen molar-refractivity contribution in [3.8, 4) is 5.75 Å². The third kappa shape index (κ3) is 5.51. The van der Waals surface area contributed by atoms with Gasteiger partial charge in [-0.3, -0.25) is 0 Å². The summed E-state index contributed by atoms with van der Waals surface area (Å²) in [6.45, 7) is 6.99. The summed E-state index contributed by atoms with van der Waals surface area (Å²) >= 11 is 0. The lowest BCUT2D eigenvalue weighted by Gasteiger charge is -2.19. The Bertz CT molecular complexity index is 393. The molecule has 0 aliphatic rings. The van der Waals surface area contributed by atoms with E-state index in [0.29, 0.717) is 6.42 Å². The van der Waals surface area contributed by atoms with Gasteiger partial charge in [0.05, 0.1) is 12.7 Å². The Balaban J connectivity index is 2.63. The molecule has 0 saturated heterocycles. The molecule has 0 fully saturated rings. The van der Waals surface area contributed by atoms with Gasteiger partial charge in [0.1, 0.15) is 5.75 Å². The molecule has 1 rings (SSSR count). The van der Waals surface area contributed by atoms with Crippen LogP contribution in [0.25, 0.3) is 0 Å². The van der Waals surface area contributed by atoms with Crippen LogP contribution in [0.5, 0.6) is 5.75 Å². The Morgan fingerprint density at radius 2 is 1.95 bits per heavy atom. The van der Waals surface area contributed by atoms with E-state index in [4.69, 9.17) is 10.5 Å². The van der Waals surface area contributed by atoms with E-state index in [-0.39, 0.29) is 6.04 Å². The van der Waals surface area contributed by atoms with Crippen LogP contribution < -0.4 is 10.5 Å². The quantitative estimate of drug-likeness (QED) is 0.730. The van der Waals surface area contributed by atoms with Crippen molar-refractivity contribution in [1.82, 2.24) is 0 Å². The topological polar surface area (TPSA) is 55.5 Å². The summed E-state index contributed by atoms with van der Waals surface area (Å²) in [7, 11) is 0. The summed E-state index contributed by atoms with van der Waals surface area (Å²) in [5.74, 6) is 0.939. The fourth-order valence-corrected chi connectivity index (χ4v) is 2.30. The Kier molecular flexibility index (Phi) is 7.63. The Morgan fingerprint density at radius 3 is 2.60 bits per heavy atom. The number of hydrogen-bond donors (Lipinski definition) is 2. The summed E-state index contributed by atoms with van der Waals surface area (Å²) in [6.07, 6.45) is 3.93. The van der Waals surface area contributed by atoms with Crippen molar-refractivity contribution in [2.75, 3.05) is 6.61 Å². The number of hydrogen-bond acceptors (Lipinski definition) is 3. The zero-order valence-electron chi connectivity index (χ0n) is 13.1. The van der Waals surface area contributed by atoms with E-state index < -0.39 is 6.10 Å².